The molecule has 0 radical (unpaired) electrons. The Morgan fingerprint density at radius 2 is 1.89 bits per heavy atom. The second-order valence-electron chi connectivity index (χ2n) is 4.69. The van der Waals surface area contributed by atoms with Crippen LogP contribution in [0.3, 0.4) is 0 Å². The highest BCUT2D eigenvalue weighted by atomic mass is 127. The van der Waals surface area contributed by atoms with Gasteiger partial charge in [-0.3, -0.25) is 0 Å². The predicted molar refractivity (Wildman–Crippen MR) is 92.0 cm³/mol. The number of nitrogens with one attached hydrogen (secondary N) is 1. The van der Waals surface area contributed by atoms with E-state index in [1.54, 1.807) is 0 Å². The van der Waals surface area contributed by atoms with Gasteiger partial charge in [-0.2, -0.15) is 0 Å². The molecule has 1 N–H and O–H groups in total. The second kappa shape index (κ2) is 7.15. The molecule has 1 unspecified atom stereocenters. The molecule has 0 saturated heterocycles. The molecule has 19 heavy (non-hydrogen) atoms. The van der Waals surface area contributed by atoms with E-state index in [2.05, 4.69) is 65.2 Å². The molecule has 2 rings (SSSR count). The number of hydrogen-bond acceptors (Lipinski definition) is 1. The summed E-state index contributed by atoms with van der Waals surface area (Å²) >= 11 is 8.27. The molecule has 0 aliphatic heterocycles. The zero-order valence-corrected chi connectivity index (χ0v) is 13.8. The van der Waals surface area contributed by atoms with Gasteiger partial charge in [-0.15, -0.1) is 0 Å². The number of hydrogen-bond donors (Lipinski definition) is 1. The molecular formula is C16H17ClIN. The Hall–Kier alpha value is -0.740. The van der Waals surface area contributed by atoms with Crippen LogP contribution in [-0.2, 0) is 6.42 Å². The Labute approximate surface area is 133 Å². The summed E-state index contributed by atoms with van der Waals surface area (Å²) in [5.74, 6) is 0. The Balaban J connectivity index is 1.89. The first kappa shape index (κ1) is 14.7. The summed E-state index contributed by atoms with van der Waals surface area (Å²) in [7, 11) is 0. The van der Waals surface area contributed by atoms with Crippen molar-refractivity contribution in [1.82, 2.24) is 0 Å². The van der Waals surface area contributed by atoms with Crippen molar-refractivity contribution >= 4 is 39.9 Å². The molecule has 2 aromatic rings. The van der Waals surface area contributed by atoms with Gasteiger partial charge in [-0.1, -0.05) is 41.9 Å². The van der Waals surface area contributed by atoms with E-state index in [0.717, 1.165) is 27.1 Å². The molecule has 0 bridgehead atoms. The molecular weight excluding hydrogens is 369 g/mol. The van der Waals surface area contributed by atoms with Crippen LogP contribution >= 0.6 is 34.2 Å². The van der Waals surface area contributed by atoms with Crippen LogP contribution in [0.1, 0.15) is 18.9 Å². The quantitative estimate of drug-likeness (QED) is 0.682. The first-order valence-electron chi connectivity index (χ1n) is 6.40. The Kier molecular flexibility index (Phi) is 5.52. The van der Waals surface area contributed by atoms with Crippen LogP contribution in [0.25, 0.3) is 0 Å². The molecule has 1 nitrogen and oxygen atoms in total. The fourth-order valence-corrected chi connectivity index (χ4v) is 3.00. The number of aryl methyl sites for hydroxylation is 1. The summed E-state index contributed by atoms with van der Waals surface area (Å²) in [6.07, 6.45) is 2.21. The van der Waals surface area contributed by atoms with Crippen molar-refractivity contribution in [3.63, 3.8) is 0 Å². The third kappa shape index (κ3) is 4.69. The second-order valence-corrected chi connectivity index (χ2v) is 6.29. The maximum absolute atomic E-state index is 5.96. The van der Waals surface area contributed by atoms with E-state index in [1.165, 1.54) is 5.56 Å². The van der Waals surface area contributed by atoms with Crippen LogP contribution in [0.4, 0.5) is 5.69 Å². The highest BCUT2D eigenvalue weighted by molar-refractivity contribution is 14.1. The lowest BCUT2D eigenvalue weighted by molar-refractivity contribution is 0.706. The van der Waals surface area contributed by atoms with Crippen molar-refractivity contribution < 1.29 is 0 Å². The summed E-state index contributed by atoms with van der Waals surface area (Å²) < 4.78 is 1.16. The average molecular weight is 386 g/mol. The fourth-order valence-electron chi connectivity index (χ4n) is 1.97. The monoisotopic (exact) mass is 385 g/mol. The summed E-state index contributed by atoms with van der Waals surface area (Å²) in [6, 6.07) is 17.0. The standard InChI is InChI=1S/C16H17ClIN/c1-12(7-8-13-5-3-2-4-6-13)19-16-10-9-14(17)11-15(16)18/h2-6,9-12,19H,7-8H2,1H3. The van der Waals surface area contributed by atoms with Crippen molar-refractivity contribution in [3.05, 3.63) is 62.7 Å². The molecule has 0 aliphatic carbocycles. The number of rotatable bonds is 5. The average Bonchev–Trinajstić information content (AvgIpc) is 2.41. The van der Waals surface area contributed by atoms with Gasteiger partial charge in [0.25, 0.3) is 0 Å². The number of halogens is 2. The molecule has 3 heteroatoms. The van der Waals surface area contributed by atoms with E-state index in [-0.39, 0.29) is 0 Å². The van der Waals surface area contributed by atoms with Gasteiger partial charge in [0.2, 0.25) is 0 Å². The van der Waals surface area contributed by atoms with E-state index in [9.17, 15) is 0 Å². The van der Waals surface area contributed by atoms with Crippen molar-refractivity contribution in [2.24, 2.45) is 0 Å². The van der Waals surface area contributed by atoms with Crippen molar-refractivity contribution in [2.45, 2.75) is 25.8 Å². The van der Waals surface area contributed by atoms with Gasteiger partial charge in [0, 0.05) is 20.3 Å². The summed E-state index contributed by atoms with van der Waals surface area (Å²) in [6.45, 7) is 2.22. The first-order chi connectivity index (χ1) is 9.15. The highest BCUT2D eigenvalue weighted by Gasteiger charge is 2.06. The maximum Gasteiger partial charge on any atom is 0.0478 e. The highest BCUT2D eigenvalue weighted by Crippen LogP contribution is 2.23. The normalized spacial score (nSPS) is 12.2. The largest absolute Gasteiger partial charge is 0.382 e. The smallest absolute Gasteiger partial charge is 0.0478 e. The SMILES string of the molecule is CC(CCc1ccccc1)Nc1ccc(Cl)cc1I. The van der Waals surface area contributed by atoms with E-state index in [4.69, 9.17) is 11.6 Å². The molecule has 100 valence electrons. The summed E-state index contributed by atoms with van der Waals surface area (Å²) in [5, 5.41) is 4.33. The molecule has 0 heterocycles. The lowest BCUT2D eigenvalue weighted by Gasteiger charge is -2.16. The Bertz CT molecular complexity index is 528. The minimum atomic E-state index is 0.440. The number of benzene rings is 2. The van der Waals surface area contributed by atoms with E-state index in [0.29, 0.717) is 6.04 Å². The van der Waals surface area contributed by atoms with Crippen LogP contribution < -0.4 is 5.32 Å². The van der Waals surface area contributed by atoms with E-state index >= 15 is 0 Å². The van der Waals surface area contributed by atoms with Gasteiger partial charge in [0.1, 0.15) is 0 Å². The van der Waals surface area contributed by atoms with E-state index in [1.807, 2.05) is 18.2 Å². The fraction of sp³-hybridized carbons (Fsp3) is 0.250. The molecule has 0 spiro atoms. The van der Waals surface area contributed by atoms with Gasteiger partial charge < -0.3 is 5.32 Å². The molecule has 1 atom stereocenters. The van der Waals surface area contributed by atoms with Crippen LogP contribution in [0.5, 0.6) is 0 Å². The van der Waals surface area contributed by atoms with Crippen LogP contribution in [0.15, 0.2) is 48.5 Å². The summed E-state index contributed by atoms with van der Waals surface area (Å²) in [5.41, 5.74) is 2.55. The first-order valence-corrected chi connectivity index (χ1v) is 7.86. The zero-order chi connectivity index (χ0) is 13.7. The minimum Gasteiger partial charge on any atom is -0.382 e. The third-order valence-corrected chi connectivity index (χ3v) is 4.17. The van der Waals surface area contributed by atoms with Crippen LogP contribution in [0, 0.1) is 3.57 Å². The van der Waals surface area contributed by atoms with Crippen LogP contribution in [0.2, 0.25) is 5.02 Å². The third-order valence-electron chi connectivity index (χ3n) is 3.04. The molecule has 0 saturated carbocycles. The van der Waals surface area contributed by atoms with E-state index < -0.39 is 0 Å². The predicted octanol–water partition coefficient (Wildman–Crippen LogP) is 5.38. The van der Waals surface area contributed by atoms with Crippen LogP contribution in [-0.4, -0.2) is 6.04 Å². The van der Waals surface area contributed by atoms with Crippen molar-refractivity contribution in [3.8, 4) is 0 Å². The minimum absolute atomic E-state index is 0.440. The molecule has 2 aromatic carbocycles. The molecule has 0 aliphatic rings. The zero-order valence-electron chi connectivity index (χ0n) is 10.9. The lowest BCUT2D eigenvalue weighted by atomic mass is 10.1. The van der Waals surface area contributed by atoms with Gasteiger partial charge >= 0.3 is 0 Å². The van der Waals surface area contributed by atoms with Crippen molar-refractivity contribution in [2.75, 3.05) is 5.32 Å². The Morgan fingerprint density at radius 3 is 2.58 bits per heavy atom. The molecule has 0 fully saturated rings. The maximum atomic E-state index is 5.96. The van der Waals surface area contributed by atoms with Gasteiger partial charge in [0.15, 0.2) is 0 Å². The molecule has 0 amide bonds. The lowest BCUT2D eigenvalue weighted by Crippen LogP contribution is -2.16. The van der Waals surface area contributed by atoms with Gasteiger partial charge in [-0.25, -0.2) is 0 Å². The number of anilines is 1. The summed E-state index contributed by atoms with van der Waals surface area (Å²) in [4.78, 5) is 0. The topological polar surface area (TPSA) is 12.0 Å². The van der Waals surface area contributed by atoms with Crippen molar-refractivity contribution in [1.29, 1.82) is 0 Å². The van der Waals surface area contributed by atoms with Gasteiger partial charge in [0.05, 0.1) is 0 Å². The van der Waals surface area contributed by atoms with Gasteiger partial charge in [-0.05, 0) is 66.1 Å². The molecule has 0 aromatic heterocycles. The Morgan fingerprint density at radius 1 is 1.16 bits per heavy atom.